The van der Waals surface area contributed by atoms with Crippen LogP contribution in [0.2, 0.25) is 10.3 Å². The van der Waals surface area contributed by atoms with Gasteiger partial charge >= 0.3 is 0 Å². The van der Waals surface area contributed by atoms with Crippen molar-refractivity contribution < 1.29 is 4.74 Å². The van der Waals surface area contributed by atoms with E-state index in [2.05, 4.69) is 9.97 Å². The summed E-state index contributed by atoms with van der Waals surface area (Å²) in [6, 6.07) is 0. The highest BCUT2D eigenvalue weighted by molar-refractivity contribution is 6.34. The number of hydrogen-bond donors (Lipinski definition) is 0. The van der Waals surface area contributed by atoms with Crippen molar-refractivity contribution in [3.05, 3.63) is 21.7 Å². The number of hydrogen-bond acceptors (Lipinski definition) is 3. The van der Waals surface area contributed by atoms with E-state index in [1.54, 1.807) is 7.11 Å². The lowest BCUT2D eigenvalue weighted by molar-refractivity contribution is 0.0771. The Morgan fingerprint density at radius 1 is 1.05 bits per heavy atom. The molecule has 104 valence electrons. The van der Waals surface area contributed by atoms with Crippen molar-refractivity contribution in [3.8, 4) is 0 Å². The molecule has 0 spiro atoms. The minimum atomic E-state index is -0.0624. The summed E-state index contributed by atoms with van der Waals surface area (Å²) in [6.45, 7) is 0. The van der Waals surface area contributed by atoms with Crippen LogP contribution in [0.5, 0.6) is 0 Å². The smallest absolute Gasteiger partial charge is 0.160 e. The van der Waals surface area contributed by atoms with Gasteiger partial charge < -0.3 is 4.74 Å². The second-order valence-corrected chi connectivity index (χ2v) is 6.27. The second-order valence-electron chi connectivity index (χ2n) is 5.55. The van der Waals surface area contributed by atoms with Crippen LogP contribution in [-0.2, 0) is 4.74 Å². The lowest BCUT2D eigenvalue weighted by atomic mass is 10.0. The van der Waals surface area contributed by atoms with Gasteiger partial charge in [0.2, 0.25) is 0 Å². The summed E-state index contributed by atoms with van der Waals surface area (Å²) in [7, 11) is 1.69. The van der Waals surface area contributed by atoms with Crippen LogP contribution in [0.25, 0.3) is 0 Å². The molecule has 5 heteroatoms. The quantitative estimate of drug-likeness (QED) is 0.766. The molecule has 3 nitrogen and oxygen atoms in total. The van der Waals surface area contributed by atoms with Crippen LogP contribution in [-0.4, -0.2) is 17.1 Å². The highest BCUT2D eigenvalue weighted by atomic mass is 35.5. The maximum atomic E-state index is 6.35. The first kappa shape index (κ1) is 13.6. The van der Waals surface area contributed by atoms with Crippen molar-refractivity contribution in [3.63, 3.8) is 0 Å². The first-order valence-corrected chi connectivity index (χ1v) is 7.72. The number of nitrogens with zero attached hydrogens (tertiary/aromatic N) is 2. The fraction of sp³-hybridized carbons (Fsp3) is 0.714. The van der Waals surface area contributed by atoms with Gasteiger partial charge in [-0.1, -0.05) is 36.0 Å². The van der Waals surface area contributed by atoms with E-state index in [1.807, 2.05) is 0 Å². The summed E-state index contributed by atoms with van der Waals surface area (Å²) in [5.41, 5.74) is 0.940. The molecule has 0 amide bonds. The molecule has 0 radical (unpaired) electrons. The Labute approximate surface area is 123 Å². The van der Waals surface area contributed by atoms with Crippen LogP contribution < -0.4 is 0 Å². The highest BCUT2D eigenvalue weighted by Crippen LogP contribution is 2.44. The lowest BCUT2D eigenvalue weighted by Crippen LogP contribution is -2.11. The van der Waals surface area contributed by atoms with Gasteiger partial charge in [-0.05, 0) is 37.5 Å². The Hall–Kier alpha value is -0.380. The molecular weight excluding hydrogens is 283 g/mol. The molecule has 19 heavy (non-hydrogen) atoms. The van der Waals surface area contributed by atoms with E-state index in [0.29, 0.717) is 28.0 Å². The van der Waals surface area contributed by atoms with E-state index in [0.717, 1.165) is 18.4 Å². The molecular formula is C14H18Cl2N2O. The van der Waals surface area contributed by atoms with Gasteiger partial charge in [0.1, 0.15) is 16.4 Å². The average molecular weight is 301 g/mol. The topological polar surface area (TPSA) is 35.0 Å². The third-order valence-corrected chi connectivity index (χ3v) is 4.77. The molecule has 2 aliphatic carbocycles. The van der Waals surface area contributed by atoms with Crippen LogP contribution in [0.1, 0.15) is 61.9 Å². The van der Waals surface area contributed by atoms with Crippen LogP contribution in [0.4, 0.5) is 0 Å². The molecule has 0 saturated heterocycles. The van der Waals surface area contributed by atoms with Crippen LogP contribution in [0, 0.1) is 5.92 Å². The molecule has 1 heterocycles. The van der Waals surface area contributed by atoms with Crippen molar-refractivity contribution in [2.24, 2.45) is 5.92 Å². The largest absolute Gasteiger partial charge is 0.373 e. The molecule has 2 fully saturated rings. The summed E-state index contributed by atoms with van der Waals surface area (Å²) in [6.07, 6.45) is 7.02. The van der Waals surface area contributed by atoms with Gasteiger partial charge in [0.25, 0.3) is 0 Å². The first-order valence-electron chi connectivity index (χ1n) is 6.96. The molecule has 1 unspecified atom stereocenters. The van der Waals surface area contributed by atoms with Gasteiger partial charge in [-0.3, -0.25) is 0 Å². The van der Waals surface area contributed by atoms with Crippen LogP contribution >= 0.6 is 23.2 Å². The van der Waals surface area contributed by atoms with Crippen molar-refractivity contribution in [2.75, 3.05) is 7.11 Å². The fourth-order valence-corrected chi connectivity index (χ4v) is 3.73. The number of aromatic nitrogens is 2. The maximum Gasteiger partial charge on any atom is 0.160 e. The Bertz CT molecular complexity index is 448. The van der Waals surface area contributed by atoms with Crippen molar-refractivity contribution in [1.29, 1.82) is 0 Å². The SMILES string of the molecule is COC(c1nc(Cl)c(C2CCCC2)c(Cl)n1)C1CC1. The first-order chi connectivity index (χ1) is 9.20. The van der Waals surface area contributed by atoms with Crippen LogP contribution in [0.3, 0.4) is 0 Å². The normalized spacial score (nSPS) is 21.8. The fourth-order valence-electron chi connectivity index (χ4n) is 3.02. The summed E-state index contributed by atoms with van der Waals surface area (Å²) >= 11 is 12.7. The number of halogens is 2. The molecule has 0 aromatic carbocycles. The minimum absolute atomic E-state index is 0.0624. The lowest BCUT2D eigenvalue weighted by Gasteiger charge is -2.17. The highest BCUT2D eigenvalue weighted by Gasteiger charge is 2.35. The van der Waals surface area contributed by atoms with E-state index < -0.39 is 0 Å². The molecule has 0 aliphatic heterocycles. The van der Waals surface area contributed by atoms with E-state index >= 15 is 0 Å². The number of methoxy groups -OCH3 is 1. The van der Waals surface area contributed by atoms with Gasteiger partial charge in [-0.2, -0.15) is 0 Å². The van der Waals surface area contributed by atoms with Crippen molar-refractivity contribution in [1.82, 2.24) is 9.97 Å². The Kier molecular flexibility index (Phi) is 3.97. The molecule has 2 saturated carbocycles. The Morgan fingerprint density at radius 2 is 1.63 bits per heavy atom. The van der Waals surface area contributed by atoms with E-state index in [4.69, 9.17) is 27.9 Å². The summed E-state index contributed by atoms with van der Waals surface area (Å²) in [4.78, 5) is 8.91. The van der Waals surface area contributed by atoms with Gasteiger partial charge in [0.05, 0.1) is 0 Å². The molecule has 1 aromatic rings. The summed E-state index contributed by atoms with van der Waals surface area (Å²) < 4.78 is 5.49. The third-order valence-electron chi connectivity index (χ3n) is 4.19. The molecule has 2 aliphatic rings. The zero-order valence-corrected chi connectivity index (χ0v) is 12.5. The van der Waals surface area contributed by atoms with Crippen molar-refractivity contribution in [2.45, 2.75) is 50.5 Å². The van der Waals surface area contributed by atoms with Gasteiger partial charge in [0.15, 0.2) is 5.82 Å². The monoisotopic (exact) mass is 300 g/mol. The Balaban J connectivity index is 1.92. The molecule has 1 aromatic heterocycles. The van der Waals surface area contributed by atoms with E-state index in [9.17, 15) is 0 Å². The summed E-state index contributed by atoms with van der Waals surface area (Å²) in [5, 5.41) is 1.04. The van der Waals surface area contributed by atoms with Gasteiger partial charge in [-0.25, -0.2) is 9.97 Å². The summed E-state index contributed by atoms with van der Waals surface area (Å²) in [5.74, 6) is 1.59. The molecule has 3 rings (SSSR count). The van der Waals surface area contributed by atoms with E-state index in [1.165, 1.54) is 25.7 Å². The van der Waals surface area contributed by atoms with Crippen molar-refractivity contribution >= 4 is 23.2 Å². The molecule has 0 N–H and O–H groups in total. The zero-order valence-electron chi connectivity index (χ0n) is 11.0. The van der Waals surface area contributed by atoms with Gasteiger partial charge in [-0.15, -0.1) is 0 Å². The van der Waals surface area contributed by atoms with Gasteiger partial charge in [0, 0.05) is 12.7 Å². The van der Waals surface area contributed by atoms with E-state index in [-0.39, 0.29) is 6.10 Å². The zero-order chi connectivity index (χ0) is 13.4. The predicted molar refractivity (Wildman–Crippen MR) is 75.7 cm³/mol. The number of ether oxygens (including phenoxy) is 1. The Morgan fingerprint density at radius 3 is 2.11 bits per heavy atom. The second kappa shape index (κ2) is 5.55. The third kappa shape index (κ3) is 2.74. The molecule has 1 atom stereocenters. The van der Waals surface area contributed by atoms with Crippen LogP contribution in [0.15, 0.2) is 0 Å². The molecule has 0 bridgehead atoms. The minimum Gasteiger partial charge on any atom is -0.373 e. The standard InChI is InChI=1S/C14H18Cl2N2O/c1-19-11(9-6-7-9)14-17-12(15)10(13(16)18-14)8-4-2-3-5-8/h8-9,11H,2-7H2,1H3. The predicted octanol–water partition coefficient (Wildman–Crippen LogP) is 4.54. The average Bonchev–Trinajstić information content (AvgIpc) is 3.05. The number of rotatable bonds is 4. The maximum absolute atomic E-state index is 6.35.